The zero-order valence-corrected chi connectivity index (χ0v) is 13.6. The first kappa shape index (κ1) is 18.8. The Bertz CT molecular complexity index is 673. The second-order valence-electron chi connectivity index (χ2n) is 5.51. The van der Waals surface area contributed by atoms with Crippen molar-refractivity contribution >= 4 is 11.7 Å². The van der Waals surface area contributed by atoms with Crippen molar-refractivity contribution in [1.29, 1.82) is 0 Å². The normalized spacial score (nSPS) is 12.5. The number of ether oxygens (including phenoxy) is 1. The second-order valence-corrected chi connectivity index (χ2v) is 5.51. The summed E-state index contributed by atoms with van der Waals surface area (Å²) in [6, 6.07) is 12.0. The summed E-state index contributed by atoms with van der Waals surface area (Å²) in [6.07, 6.45) is -4.87. The van der Waals surface area contributed by atoms with Gasteiger partial charge in [0.2, 0.25) is 0 Å². The Hall–Kier alpha value is -2.54. The molecule has 2 amide bonds. The number of anilines is 1. The maximum absolute atomic E-state index is 13.2. The quantitative estimate of drug-likeness (QED) is 0.821. The highest BCUT2D eigenvalue weighted by Gasteiger charge is 2.40. The van der Waals surface area contributed by atoms with Gasteiger partial charge in [-0.25, -0.2) is 4.79 Å². The number of alkyl halides is 3. The van der Waals surface area contributed by atoms with E-state index in [4.69, 9.17) is 4.74 Å². The van der Waals surface area contributed by atoms with Crippen LogP contribution in [0.15, 0.2) is 54.6 Å². The van der Waals surface area contributed by atoms with Gasteiger partial charge in [0.1, 0.15) is 6.04 Å². The molecule has 2 aromatic carbocycles. The number of carbonyl (C=O) groups is 1. The van der Waals surface area contributed by atoms with Crippen LogP contribution in [0.5, 0.6) is 0 Å². The third-order valence-electron chi connectivity index (χ3n) is 3.51. The first-order valence-corrected chi connectivity index (χ1v) is 7.64. The molecular formula is C18H19F3N2O2. The Kier molecular flexibility index (Phi) is 6.41. The van der Waals surface area contributed by atoms with Gasteiger partial charge < -0.3 is 15.4 Å². The number of nitrogens with one attached hydrogen (secondary N) is 2. The molecule has 0 aliphatic rings. The fraction of sp³-hybridized carbons (Fsp3) is 0.278. The molecule has 0 aliphatic carbocycles. The molecule has 1 unspecified atom stereocenters. The third-order valence-corrected chi connectivity index (χ3v) is 3.51. The van der Waals surface area contributed by atoms with Crippen molar-refractivity contribution in [2.75, 3.05) is 12.4 Å². The molecule has 0 spiro atoms. The minimum atomic E-state index is -4.55. The van der Waals surface area contributed by atoms with E-state index in [0.717, 1.165) is 5.56 Å². The number of rotatable bonds is 6. The largest absolute Gasteiger partial charge is 0.408 e. The Morgan fingerprint density at radius 2 is 1.68 bits per heavy atom. The Morgan fingerprint density at radius 3 is 2.24 bits per heavy atom. The van der Waals surface area contributed by atoms with Crippen molar-refractivity contribution in [2.45, 2.75) is 25.2 Å². The van der Waals surface area contributed by atoms with Crippen LogP contribution in [-0.4, -0.2) is 25.4 Å². The number of amides is 2. The Labute approximate surface area is 144 Å². The van der Waals surface area contributed by atoms with E-state index in [2.05, 4.69) is 5.32 Å². The lowest BCUT2D eigenvalue weighted by Gasteiger charge is -2.22. The number of urea groups is 1. The fourth-order valence-corrected chi connectivity index (χ4v) is 2.27. The summed E-state index contributed by atoms with van der Waals surface area (Å²) >= 11 is 0. The molecule has 2 N–H and O–H groups in total. The summed E-state index contributed by atoms with van der Waals surface area (Å²) in [5.74, 6) is 0. The van der Waals surface area contributed by atoms with Crippen molar-refractivity contribution < 1.29 is 22.7 Å². The highest BCUT2D eigenvalue weighted by molar-refractivity contribution is 5.89. The van der Waals surface area contributed by atoms with E-state index in [-0.39, 0.29) is 6.42 Å². The number of hydrogen-bond donors (Lipinski definition) is 2. The van der Waals surface area contributed by atoms with Gasteiger partial charge in [0.25, 0.3) is 0 Å². The molecule has 0 aliphatic heterocycles. The van der Waals surface area contributed by atoms with Gasteiger partial charge in [-0.1, -0.05) is 42.5 Å². The molecule has 0 radical (unpaired) electrons. The van der Waals surface area contributed by atoms with Crippen molar-refractivity contribution in [3.63, 3.8) is 0 Å². The van der Waals surface area contributed by atoms with Gasteiger partial charge in [0, 0.05) is 19.2 Å². The lowest BCUT2D eigenvalue weighted by atomic mass is 10.1. The number of halogens is 3. The van der Waals surface area contributed by atoms with E-state index < -0.39 is 18.2 Å². The van der Waals surface area contributed by atoms with Crippen LogP contribution in [0.4, 0.5) is 23.7 Å². The summed E-state index contributed by atoms with van der Waals surface area (Å²) in [5, 5.41) is 4.40. The molecule has 7 heteroatoms. The predicted molar refractivity (Wildman–Crippen MR) is 89.3 cm³/mol. The lowest BCUT2D eigenvalue weighted by Crippen LogP contribution is -2.48. The van der Waals surface area contributed by atoms with Crippen LogP contribution < -0.4 is 10.6 Å². The zero-order valence-electron chi connectivity index (χ0n) is 13.6. The lowest BCUT2D eigenvalue weighted by molar-refractivity contribution is -0.152. The first-order chi connectivity index (χ1) is 11.9. The minimum Gasteiger partial charge on any atom is -0.380 e. The van der Waals surface area contributed by atoms with Gasteiger partial charge in [0.15, 0.2) is 0 Å². The topological polar surface area (TPSA) is 50.4 Å². The van der Waals surface area contributed by atoms with E-state index in [1.165, 1.54) is 0 Å². The van der Waals surface area contributed by atoms with Gasteiger partial charge in [-0.15, -0.1) is 0 Å². The highest BCUT2D eigenvalue weighted by Crippen LogP contribution is 2.23. The summed E-state index contributed by atoms with van der Waals surface area (Å²) < 4.78 is 44.5. The molecule has 1 atom stereocenters. The molecule has 0 aromatic heterocycles. The van der Waals surface area contributed by atoms with Gasteiger partial charge in [-0.05, 0) is 23.3 Å². The minimum absolute atomic E-state index is 0.329. The van der Waals surface area contributed by atoms with Crippen LogP contribution >= 0.6 is 0 Å². The maximum Gasteiger partial charge on any atom is 0.408 e. The molecule has 4 nitrogen and oxygen atoms in total. The van der Waals surface area contributed by atoms with Gasteiger partial charge in [0.05, 0.1) is 6.61 Å². The third kappa shape index (κ3) is 6.11. The van der Waals surface area contributed by atoms with Crippen LogP contribution in [0.3, 0.4) is 0 Å². The number of benzene rings is 2. The summed E-state index contributed by atoms with van der Waals surface area (Å²) in [7, 11) is 1.56. The molecule has 0 saturated heterocycles. The summed E-state index contributed by atoms with van der Waals surface area (Å²) in [6.45, 7) is 0.416. The van der Waals surface area contributed by atoms with Crippen LogP contribution in [0, 0.1) is 0 Å². The summed E-state index contributed by atoms with van der Waals surface area (Å²) in [5.41, 5.74) is 1.79. The van der Waals surface area contributed by atoms with E-state index in [9.17, 15) is 18.0 Å². The Morgan fingerprint density at radius 1 is 1.04 bits per heavy atom. The van der Waals surface area contributed by atoms with Crippen LogP contribution in [0.1, 0.15) is 11.1 Å². The van der Waals surface area contributed by atoms with Crippen LogP contribution in [0.2, 0.25) is 0 Å². The molecule has 0 bridgehead atoms. The molecular weight excluding hydrogens is 333 g/mol. The van der Waals surface area contributed by atoms with Gasteiger partial charge in [-0.2, -0.15) is 13.2 Å². The van der Waals surface area contributed by atoms with Crippen molar-refractivity contribution in [3.8, 4) is 0 Å². The summed E-state index contributed by atoms with van der Waals surface area (Å²) in [4.78, 5) is 11.9. The van der Waals surface area contributed by atoms with E-state index >= 15 is 0 Å². The van der Waals surface area contributed by atoms with Crippen LogP contribution in [-0.2, 0) is 17.8 Å². The van der Waals surface area contributed by atoms with E-state index in [0.29, 0.717) is 17.9 Å². The monoisotopic (exact) mass is 352 g/mol. The predicted octanol–water partition coefficient (Wildman–Crippen LogP) is 4.13. The maximum atomic E-state index is 13.2. The zero-order chi connectivity index (χ0) is 18.3. The molecule has 25 heavy (non-hydrogen) atoms. The van der Waals surface area contributed by atoms with Gasteiger partial charge >= 0.3 is 12.2 Å². The number of methoxy groups -OCH3 is 1. The number of hydrogen-bond acceptors (Lipinski definition) is 2. The highest BCUT2D eigenvalue weighted by atomic mass is 19.4. The first-order valence-electron chi connectivity index (χ1n) is 7.64. The van der Waals surface area contributed by atoms with Crippen molar-refractivity contribution in [3.05, 3.63) is 65.7 Å². The van der Waals surface area contributed by atoms with Crippen molar-refractivity contribution in [2.24, 2.45) is 0 Å². The molecule has 0 saturated carbocycles. The van der Waals surface area contributed by atoms with Crippen LogP contribution in [0.25, 0.3) is 0 Å². The fourth-order valence-electron chi connectivity index (χ4n) is 2.27. The van der Waals surface area contributed by atoms with E-state index in [1.807, 2.05) is 5.32 Å². The molecule has 0 fully saturated rings. The molecule has 2 rings (SSSR count). The molecule has 0 heterocycles. The van der Waals surface area contributed by atoms with E-state index in [1.54, 1.807) is 61.7 Å². The average Bonchev–Trinajstić information content (AvgIpc) is 2.56. The SMILES string of the molecule is COCc1ccc(NC(=O)NC(Cc2ccccc2)C(F)(F)F)cc1. The standard InChI is InChI=1S/C18H19F3N2O2/c1-25-12-14-7-9-15(10-8-14)22-17(24)23-16(18(19,20)21)11-13-5-3-2-4-6-13/h2-10,16H,11-12H2,1H3,(H2,22,23,24). The smallest absolute Gasteiger partial charge is 0.380 e. The average molecular weight is 352 g/mol. The Balaban J connectivity index is 1.99. The van der Waals surface area contributed by atoms with Gasteiger partial charge in [-0.3, -0.25) is 0 Å². The number of carbonyl (C=O) groups excluding carboxylic acids is 1. The molecule has 2 aromatic rings. The second kappa shape index (κ2) is 8.53. The molecule has 134 valence electrons. The van der Waals surface area contributed by atoms with Crippen molar-refractivity contribution in [1.82, 2.24) is 5.32 Å².